The molecule has 0 radical (unpaired) electrons. The van der Waals surface area contributed by atoms with Crippen LogP contribution in [0, 0.1) is 5.92 Å². The summed E-state index contributed by atoms with van der Waals surface area (Å²) in [6.07, 6.45) is 1.59. The van der Waals surface area contributed by atoms with E-state index in [0.717, 1.165) is 17.7 Å². The Morgan fingerprint density at radius 1 is 1.24 bits per heavy atom. The van der Waals surface area contributed by atoms with E-state index in [1.165, 1.54) is 0 Å². The molecule has 2 amide bonds. The molecule has 1 N–H and O–H groups in total. The van der Waals surface area contributed by atoms with Gasteiger partial charge >= 0.3 is 0 Å². The highest BCUT2D eigenvalue weighted by molar-refractivity contribution is 6.34. The number of carbonyl (C=O) groups excluding carboxylic acids is 2. The van der Waals surface area contributed by atoms with Crippen molar-refractivity contribution in [1.82, 2.24) is 4.90 Å². The molecule has 2 heterocycles. The second kappa shape index (κ2) is 7.27. The molecule has 1 saturated heterocycles. The van der Waals surface area contributed by atoms with E-state index in [1.807, 2.05) is 0 Å². The van der Waals surface area contributed by atoms with Gasteiger partial charge in [0.25, 0.3) is 11.8 Å². The molecule has 134 valence electrons. The lowest BCUT2D eigenvalue weighted by Crippen LogP contribution is -2.38. The van der Waals surface area contributed by atoms with Crippen molar-refractivity contribution in [2.45, 2.75) is 32.8 Å². The molecule has 0 aliphatic carbocycles. The second-order valence-electron chi connectivity index (χ2n) is 6.81. The number of hydrogen-bond acceptors (Lipinski definition) is 5. The summed E-state index contributed by atoms with van der Waals surface area (Å²) in [5, 5.41) is 10.2. The summed E-state index contributed by atoms with van der Waals surface area (Å²) in [5.74, 6) is -0.541. The molecule has 6 heteroatoms. The molecular formula is C19H23NO5. The third kappa shape index (κ3) is 3.69. The van der Waals surface area contributed by atoms with E-state index >= 15 is 0 Å². The highest BCUT2D eigenvalue weighted by Crippen LogP contribution is 2.30. The van der Waals surface area contributed by atoms with Gasteiger partial charge < -0.3 is 14.6 Å². The van der Waals surface area contributed by atoms with Crippen LogP contribution in [0.5, 0.6) is 5.75 Å². The lowest BCUT2D eigenvalue weighted by atomic mass is 10.1. The number of carbonyl (C=O) groups is 2. The van der Waals surface area contributed by atoms with Gasteiger partial charge in [-0.3, -0.25) is 14.5 Å². The minimum Gasteiger partial charge on any atom is -0.502 e. The summed E-state index contributed by atoms with van der Waals surface area (Å²) in [5.41, 5.74) is 0.543. The number of imide groups is 1. The molecule has 1 unspecified atom stereocenters. The molecule has 0 spiro atoms. The number of amides is 2. The molecule has 2 aliphatic heterocycles. The summed E-state index contributed by atoms with van der Waals surface area (Å²) < 4.78 is 11.1. The number of nitrogens with zero attached hydrogens (tertiary/aromatic N) is 1. The first kappa shape index (κ1) is 17.5. The van der Waals surface area contributed by atoms with Gasteiger partial charge in [0.1, 0.15) is 5.75 Å². The Labute approximate surface area is 147 Å². The summed E-state index contributed by atoms with van der Waals surface area (Å²) >= 11 is 0. The molecular weight excluding hydrogens is 322 g/mol. The summed E-state index contributed by atoms with van der Waals surface area (Å²) in [7, 11) is 0. The SMILES string of the molecule is CC(C)COc1ccc(C2=C(O)C(=O)N(CC3CCCO3)C2=O)cc1. The van der Waals surface area contributed by atoms with E-state index in [0.29, 0.717) is 30.4 Å². The number of aliphatic hydroxyl groups is 1. The van der Waals surface area contributed by atoms with Crippen molar-refractivity contribution in [1.29, 1.82) is 0 Å². The van der Waals surface area contributed by atoms with Crippen molar-refractivity contribution in [2.75, 3.05) is 19.8 Å². The lowest BCUT2D eigenvalue weighted by Gasteiger charge is -2.18. The lowest BCUT2D eigenvalue weighted by molar-refractivity contribution is -0.139. The first-order valence-electron chi connectivity index (χ1n) is 8.61. The van der Waals surface area contributed by atoms with E-state index in [9.17, 15) is 14.7 Å². The van der Waals surface area contributed by atoms with Crippen molar-refractivity contribution >= 4 is 17.4 Å². The second-order valence-corrected chi connectivity index (χ2v) is 6.81. The fourth-order valence-electron chi connectivity index (χ4n) is 2.96. The zero-order valence-electron chi connectivity index (χ0n) is 14.5. The fourth-order valence-corrected chi connectivity index (χ4v) is 2.96. The Kier molecular flexibility index (Phi) is 5.08. The molecule has 25 heavy (non-hydrogen) atoms. The standard InChI is InChI=1S/C19H23NO5/c1-12(2)11-25-14-7-5-13(6-8-14)16-17(21)19(23)20(18(16)22)10-15-4-3-9-24-15/h5-8,12,15,21H,3-4,9-11H2,1-2H3. The summed E-state index contributed by atoms with van der Waals surface area (Å²) in [4.78, 5) is 25.9. The number of aliphatic hydroxyl groups excluding tert-OH is 1. The van der Waals surface area contributed by atoms with Crippen LogP contribution in [0.3, 0.4) is 0 Å². The van der Waals surface area contributed by atoms with Crippen LogP contribution in [-0.2, 0) is 14.3 Å². The number of benzene rings is 1. The monoisotopic (exact) mass is 345 g/mol. The van der Waals surface area contributed by atoms with Gasteiger partial charge in [-0.15, -0.1) is 0 Å². The normalized spacial score (nSPS) is 20.9. The van der Waals surface area contributed by atoms with Crippen molar-refractivity contribution in [3.05, 3.63) is 35.6 Å². The molecule has 1 fully saturated rings. The predicted octanol–water partition coefficient (Wildman–Crippen LogP) is 2.54. The van der Waals surface area contributed by atoms with Gasteiger partial charge in [-0.05, 0) is 36.5 Å². The minimum atomic E-state index is -0.657. The first-order valence-corrected chi connectivity index (χ1v) is 8.61. The fraction of sp³-hybridized carbons (Fsp3) is 0.474. The summed E-state index contributed by atoms with van der Waals surface area (Å²) in [6, 6.07) is 6.83. The number of ether oxygens (including phenoxy) is 2. The molecule has 0 aromatic heterocycles. The van der Waals surface area contributed by atoms with Crippen molar-refractivity contribution in [3.63, 3.8) is 0 Å². The smallest absolute Gasteiger partial charge is 0.296 e. The topological polar surface area (TPSA) is 76.1 Å². The third-order valence-corrected chi connectivity index (χ3v) is 4.28. The van der Waals surface area contributed by atoms with Gasteiger partial charge in [0.15, 0.2) is 5.76 Å². The van der Waals surface area contributed by atoms with Crippen molar-refractivity contribution in [2.24, 2.45) is 5.92 Å². The molecule has 1 aromatic carbocycles. The Morgan fingerprint density at radius 2 is 1.96 bits per heavy atom. The van der Waals surface area contributed by atoms with Crippen LogP contribution < -0.4 is 4.74 Å². The maximum absolute atomic E-state index is 12.6. The first-order chi connectivity index (χ1) is 12.0. The largest absolute Gasteiger partial charge is 0.502 e. The summed E-state index contributed by atoms with van der Waals surface area (Å²) in [6.45, 7) is 5.54. The predicted molar refractivity (Wildman–Crippen MR) is 92.0 cm³/mol. The van der Waals surface area contributed by atoms with Gasteiger partial charge in [-0.2, -0.15) is 0 Å². The maximum atomic E-state index is 12.6. The molecule has 6 nitrogen and oxygen atoms in total. The van der Waals surface area contributed by atoms with Crippen molar-refractivity contribution in [3.8, 4) is 5.75 Å². The molecule has 3 rings (SSSR count). The maximum Gasteiger partial charge on any atom is 0.296 e. The van der Waals surface area contributed by atoms with Gasteiger partial charge in [0, 0.05) is 6.61 Å². The Morgan fingerprint density at radius 3 is 2.56 bits per heavy atom. The Hall–Kier alpha value is -2.34. The van der Waals surface area contributed by atoms with Gasteiger partial charge in [0.05, 0.1) is 24.8 Å². The molecule has 0 saturated carbocycles. The number of hydrogen-bond donors (Lipinski definition) is 1. The highest BCUT2D eigenvalue weighted by atomic mass is 16.5. The van der Waals surface area contributed by atoms with Crippen LogP contribution in [0.25, 0.3) is 5.57 Å². The van der Waals surface area contributed by atoms with E-state index in [2.05, 4.69) is 13.8 Å². The zero-order chi connectivity index (χ0) is 18.0. The van der Waals surface area contributed by atoms with Crippen LogP contribution >= 0.6 is 0 Å². The van der Waals surface area contributed by atoms with Crippen LogP contribution in [0.15, 0.2) is 30.0 Å². The number of rotatable bonds is 6. The van der Waals surface area contributed by atoms with E-state index in [-0.39, 0.29) is 18.2 Å². The van der Waals surface area contributed by atoms with Gasteiger partial charge in [0.2, 0.25) is 0 Å². The molecule has 1 atom stereocenters. The van der Waals surface area contributed by atoms with Crippen LogP contribution in [0.1, 0.15) is 32.3 Å². The Balaban J connectivity index is 1.74. The Bertz CT molecular complexity index is 686. The van der Waals surface area contributed by atoms with Gasteiger partial charge in [-0.25, -0.2) is 0 Å². The minimum absolute atomic E-state index is 0.0402. The average molecular weight is 345 g/mol. The molecule has 2 aliphatic rings. The van der Waals surface area contributed by atoms with E-state index in [1.54, 1.807) is 24.3 Å². The van der Waals surface area contributed by atoms with E-state index in [4.69, 9.17) is 9.47 Å². The quantitative estimate of drug-likeness (QED) is 0.802. The molecule has 0 bridgehead atoms. The van der Waals surface area contributed by atoms with Crippen molar-refractivity contribution < 1.29 is 24.2 Å². The average Bonchev–Trinajstić information content (AvgIpc) is 3.17. The van der Waals surface area contributed by atoms with Crippen LogP contribution in [-0.4, -0.2) is 47.7 Å². The third-order valence-electron chi connectivity index (χ3n) is 4.28. The zero-order valence-corrected chi connectivity index (χ0v) is 14.5. The highest BCUT2D eigenvalue weighted by Gasteiger charge is 2.40. The van der Waals surface area contributed by atoms with E-state index < -0.39 is 17.6 Å². The van der Waals surface area contributed by atoms with Gasteiger partial charge in [-0.1, -0.05) is 26.0 Å². The van der Waals surface area contributed by atoms with Crippen LogP contribution in [0.2, 0.25) is 0 Å². The molecule has 1 aromatic rings. The van der Waals surface area contributed by atoms with Crippen LogP contribution in [0.4, 0.5) is 0 Å².